The topological polar surface area (TPSA) is 123 Å². The van der Waals surface area contributed by atoms with Crippen molar-refractivity contribution in [2.75, 3.05) is 32.5 Å². The molecule has 2 unspecified atom stereocenters. The Balaban J connectivity index is 1.41. The summed E-state index contributed by atoms with van der Waals surface area (Å²) in [6, 6.07) is 0.170. The number of hydrogen-bond donors (Lipinski definition) is 3. The number of ether oxygens (including phenoxy) is 1. The lowest BCUT2D eigenvalue weighted by molar-refractivity contribution is 0.0200. The average molecular weight is 442 g/mol. The Morgan fingerprint density at radius 2 is 2.17 bits per heavy atom. The summed E-state index contributed by atoms with van der Waals surface area (Å²) in [4.78, 5) is 8.83. The van der Waals surface area contributed by atoms with E-state index in [9.17, 15) is 8.42 Å². The number of nitrogens with zero attached hydrogens (tertiary/aromatic N) is 4. The molecule has 1 aromatic heterocycles. The average Bonchev–Trinajstić information content (AvgIpc) is 3.16. The van der Waals surface area contributed by atoms with Crippen molar-refractivity contribution in [1.82, 2.24) is 30.1 Å². The fourth-order valence-electron chi connectivity index (χ4n) is 3.64. The van der Waals surface area contributed by atoms with Crippen molar-refractivity contribution >= 4 is 16.0 Å². The molecule has 0 aromatic carbocycles. The summed E-state index contributed by atoms with van der Waals surface area (Å²) in [7, 11) is -1.68. The van der Waals surface area contributed by atoms with Gasteiger partial charge in [-0.1, -0.05) is 13.8 Å². The Kier molecular flexibility index (Phi) is 8.06. The molecule has 3 N–H and O–H groups in total. The molecule has 0 radical (unpaired) electrons. The predicted octanol–water partition coefficient (Wildman–Crippen LogP) is 0.370. The summed E-state index contributed by atoms with van der Waals surface area (Å²) in [5.41, 5.74) is 0. The molecule has 3 heterocycles. The van der Waals surface area contributed by atoms with Gasteiger partial charge in [0.25, 0.3) is 0 Å². The second-order valence-corrected chi connectivity index (χ2v) is 10.2. The Bertz CT molecular complexity index is 816. The molecule has 0 amide bonds. The third kappa shape index (κ3) is 6.64. The van der Waals surface area contributed by atoms with E-state index in [1.54, 1.807) is 7.05 Å². The Morgan fingerprint density at radius 1 is 1.33 bits per heavy atom. The number of aromatic nitrogens is 3. The molecule has 0 bridgehead atoms. The van der Waals surface area contributed by atoms with Crippen LogP contribution >= 0.6 is 0 Å². The predicted molar refractivity (Wildman–Crippen MR) is 116 cm³/mol. The molecule has 0 spiro atoms. The van der Waals surface area contributed by atoms with E-state index < -0.39 is 10.0 Å². The van der Waals surface area contributed by atoms with Crippen molar-refractivity contribution in [2.45, 2.75) is 70.6 Å². The van der Waals surface area contributed by atoms with E-state index in [-0.39, 0.29) is 24.4 Å². The van der Waals surface area contributed by atoms with Crippen LogP contribution in [0.5, 0.6) is 0 Å². The monoisotopic (exact) mass is 441 g/mol. The third-order valence-electron chi connectivity index (χ3n) is 5.42. The van der Waals surface area contributed by atoms with E-state index in [4.69, 9.17) is 4.74 Å². The van der Waals surface area contributed by atoms with Gasteiger partial charge in [0.15, 0.2) is 11.8 Å². The molecule has 0 aliphatic carbocycles. The molecule has 11 heteroatoms. The van der Waals surface area contributed by atoms with Crippen molar-refractivity contribution < 1.29 is 13.2 Å². The maximum absolute atomic E-state index is 12.2. The first-order chi connectivity index (χ1) is 14.4. The molecule has 170 valence electrons. The molecular weight excluding hydrogens is 406 g/mol. The van der Waals surface area contributed by atoms with Gasteiger partial charge in [-0.3, -0.25) is 4.99 Å². The van der Waals surface area contributed by atoms with Gasteiger partial charge in [-0.05, 0) is 25.7 Å². The van der Waals surface area contributed by atoms with Crippen LogP contribution in [0.4, 0.5) is 0 Å². The van der Waals surface area contributed by atoms with Gasteiger partial charge in [-0.2, -0.15) is 5.10 Å². The van der Waals surface area contributed by atoms with Gasteiger partial charge < -0.3 is 15.4 Å². The first-order valence-electron chi connectivity index (χ1n) is 10.9. The van der Waals surface area contributed by atoms with Crippen LogP contribution in [0.3, 0.4) is 0 Å². The zero-order chi connectivity index (χ0) is 21.6. The number of aliphatic imine (C=N–C) groups is 1. The number of guanidine groups is 1. The summed E-state index contributed by atoms with van der Waals surface area (Å²) in [6.07, 6.45) is 4.82. The van der Waals surface area contributed by atoms with Crippen LogP contribution in [0, 0.1) is 0 Å². The number of aryl methyl sites for hydroxylation is 1. The van der Waals surface area contributed by atoms with Crippen molar-refractivity contribution in [3.63, 3.8) is 0 Å². The van der Waals surface area contributed by atoms with Gasteiger partial charge in [0.1, 0.15) is 5.82 Å². The van der Waals surface area contributed by atoms with E-state index in [0.717, 1.165) is 50.3 Å². The fraction of sp³-hybridized carbons (Fsp3) is 0.842. The largest absolute Gasteiger partial charge is 0.377 e. The molecule has 3 rings (SSSR count). The van der Waals surface area contributed by atoms with Crippen molar-refractivity contribution in [3.8, 4) is 0 Å². The second kappa shape index (κ2) is 10.5. The van der Waals surface area contributed by atoms with Crippen molar-refractivity contribution in [1.29, 1.82) is 0 Å². The quantitative estimate of drug-likeness (QED) is 0.393. The highest BCUT2D eigenvalue weighted by Gasteiger charge is 2.23. The molecular formula is C19H35N7O3S. The highest BCUT2D eigenvalue weighted by molar-refractivity contribution is 7.89. The molecule has 30 heavy (non-hydrogen) atoms. The van der Waals surface area contributed by atoms with Crippen LogP contribution in [-0.2, 0) is 27.7 Å². The highest BCUT2D eigenvalue weighted by Crippen LogP contribution is 2.17. The Hall–Kier alpha value is -1.72. The minimum absolute atomic E-state index is 0.0138. The van der Waals surface area contributed by atoms with Crippen molar-refractivity contribution in [3.05, 3.63) is 11.6 Å². The summed E-state index contributed by atoms with van der Waals surface area (Å²) in [6.45, 7) is 6.24. The van der Waals surface area contributed by atoms with Gasteiger partial charge in [0.05, 0.1) is 18.4 Å². The van der Waals surface area contributed by atoms with E-state index >= 15 is 0 Å². The standard InChI is InChI=1S/C19H35N7O3S/c1-14(2)18-24-17-8-7-15(13-26(17)25-18)23-19(20-3)21-9-11-30(27,28)22-12-16-6-4-5-10-29-16/h14-16,22H,4-13H2,1-3H3,(H2,20,21,23). The van der Waals surface area contributed by atoms with Crippen LogP contribution in [0.15, 0.2) is 4.99 Å². The summed E-state index contributed by atoms with van der Waals surface area (Å²) in [5.74, 6) is 2.79. The van der Waals surface area contributed by atoms with Crippen molar-refractivity contribution in [2.24, 2.45) is 4.99 Å². The van der Waals surface area contributed by atoms with E-state index in [1.807, 2.05) is 4.68 Å². The van der Waals surface area contributed by atoms with Crippen LogP contribution in [0.1, 0.15) is 57.1 Å². The van der Waals surface area contributed by atoms with Crippen LogP contribution in [0.25, 0.3) is 0 Å². The molecule has 2 aliphatic rings. The minimum atomic E-state index is -3.36. The molecule has 1 fully saturated rings. The van der Waals surface area contributed by atoms with Crippen LogP contribution < -0.4 is 15.4 Å². The fourth-order valence-corrected chi connectivity index (χ4v) is 4.60. The SMILES string of the molecule is CN=C(NCCS(=O)(=O)NCC1CCCCO1)NC1CCc2nc(C(C)C)nn2C1. The Labute approximate surface area is 179 Å². The molecule has 2 atom stereocenters. The van der Waals surface area contributed by atoms with Crippen LogP contribution in [-0.4, -0.2) is 73.8 Å². The van der Waals surface area contributed by atoms with Gasteiger partial charge in [0.2, 0.25) is 10.0 Å². The first-order valence-corrected chi connectivity index (χ1v) is 12.5. The molecule has 1 aromatic rings. The van der Waals surface area contributed by atoms with Gasteiger partial charge >= 0.3 is 0 Å². The number of fused-ring (bicyclic) bond motifs is 1. The first kappa shape index (κ1) is 23.0. The minimum Gasteiger partial charge on any atom is -0.377 e. The number of sulfonamides is 1. The maximum Gasteiger partial charge on any atom is 0.213 e. The number of rotatable bonds is 8. The number of nitrogens with one attached hydrogen (secondary N) is 3. The number of hydrogen-bond acceptors (Lipinski definition) is 6. The summed E-state index contributed by atoms with van der Waals surface area (Å²) in [5, 5.41) is 11.1. The second-order valence-electron chi connectivity index (χ2n) is 8.26. The van der Waals surface area contributed by atoms with Crippen LogP contribution in [0.2, 0.25) is 0 Å². The maximum atomic E-state index is 12.2. The summed E-state index contributed by atoms with van der Waals surface area (Å²) >= 11 is 0. The smallest absolute Gasteiger partial charge is 0.213 e. The lowest BCUT2D eigenvalue weighted by Gasteiger charge is -2.25. The zero-order valence-corrected chi connectivity index (χ0v) is 19.0. The van der Waals surface area contributed by atoms with E-state index in [0.29, 0.717) is 25.0 Å². The molecule has 1 saturated heterocycles. The van der Waals surface area contributed by atoms with E-state index in [1.165, 1.54) is 0 Å². The lowest BCUT2D eigenvalue weighted by Crippen LogP contribution is -2.48. The van der Waals surface area contributed by atoms with Gasteiger partial charge in [0, 0.05) is 45.1 Å². The molecule has 2 aliphatic heterocycles. The highest BCUT2D eigenvalue weighted by atomic mass is 32.2. The summed E-state index contributed by atoms with van der Waals surface area (Å²) < 4.78 is 34.7. The Morgan fingerprint density at radius 3 is 2.87 bits per heavy atom. The third-order valence-corrected chi connectivity index (χ3v) is 6.77. The molecule has 0 saturated carbocycles. The molecule has 10 nitrogen and oxygen atoms in total. The normalized spacial score (nSPS) is 22.7. The van der Waals surface area contributed by atoms with Gasteiger partial charge in [-0.25, -0.2) is 22.8 Å². The van der Waals surface area contributed by atoms with Gasteiger partial charge in [-0.15, -0.1) is 0 Å². The lowest BCUT2D eigenvalue weighted by atomic mass is 10.1. The zero-order valence-electron chi connectivity index (χ0n) is 18.2. The van der Waals surface area contributed by atoms with E-state index in [2.05, 4.69) is 44.3 Å².